The van der Waals surface area contributed by atoms with Gasteiger partial charge in [0.25, 0.3) is 0 Å². The third-order valence-electron chi connectivity index (χ3n) is 4.24. The largest absolute Gasteiger partial charge is 0.357 e. The van der Waals surface area contributed by atoms with E-state index in [1.807, 2.05) is 44.2 Å². The lowest BCUT2D eigenvalue weighted by Crippen LogP contribution is -2.27. The van der Waals surface area contributed by atoms with Gasteiger partial charge in [-0.05, 0) is 32.3 Å². The minimum Gasteiger partial charge on any atom is -0.357 e. The molecule has 1 aliphatic heterocycles. The van der Waals surface area contributed by atoms with Crippen molar-refractivity contribution in [2.24, 2.45) is 0 Å². The first kappa shape index (κ1) is 17.8. The molecule has 0 atom stereocenters. The highest BCUT2D eigenvalue weighted by atomic mass is 32.2. The van der Waals surface area contributed by atoms with E-state index in [0.29, 0.717) is 5.82 Å². The van der Waals surface area contributed by atoms with E-state index in [4.69, 9.17) is 0 Å². The van der Waals surface area contributed by atoms with Gasteiger partial charge in [0.05, 0.1) is 12.3 Å². The van der Waals surface area contributed by atoms with Gasteiger partial charge in [0, 0.05) is 24.8 Å². The lowest BCUT2D eigenvalue weighted by molar-refractivity contribution is 0.578. The van der Waals surface area contributed by atoms with Gasteiger partial charge in [-0.25, -0.2) is 23.1 Å². The van der Waals surface area contributed by atoms with Gasteiger partial charge >= 0.3 is 0 Å². The molecule has 3 rings (SSSR count). The second-order valence-corrected chi connectivity index (χ2v) is 8.35. The minimum atomic E-state index is -3.43. The molecule has 1 N–H and O–H groups in total. The Bertz CT molecular complexity index is 829. The summed E-state index contributed by atoms with van der Waals surface area (Å²) in [5, 5.41) is 0. The van der Waals surface area contributed by atoms with Crippen LogP contribution in [0.25, 0.3) is 0 Å². The van der Waals surface area contributed by atoms with E-state index in [9.17, 15) is 8.42 Å². The van der Waals surface area contributed by atoms with Crippen LogP contribution >= 0.6 is 0 Å². The number of aryl methyl sites for hydroxylation is 2. The Labute approximate surface area is 149 Å². The van der Waals surface area contributed by atoms with Crippen molar-refractivity contribution in [1.29, 1.82) is 0 Å². The maximum atomic E-state index is 12.3. The number of benzene rings is 1. The summed E-state index contributed by atoms with van der Waals surface area (Å²) in [6.07, 6.45) is 2.34. The van der Waals surface area contributed by atoms with E-state index in [1.165, 1.54) is 12.8 Å². The number of hydrogen-bond acceptors (Lipinski definition) is 5. The molecule has 1 fully saturated rings. The van der Waals surface area contributed by atoms with Crippen LogP contribution in [0.15, 0.2) is 30.3 Å². The SMILES string of the molecule is Cc1ccc(CS(=O)(=O)NCc2nc(C)cc(N3CCCC3)n2)cc1. The molecule has 0 aliphatic carbocycles. The lowest BCUT2D eigenvalue weighted by atomic mass is 10.2. The number of anilines is 1. The minimum absolute atomic E-state index is 0.0436. The van der Waals surface area contributed by atoms with Gasteiger partial charge in [-0.3, -0.25) is 0 Å². The number of rotatable bonds is 6. The van der Waals surface area contributed by atoms with Gasteiger partial charge in [-0.15, -0.1) is 0 Å². The topological polar surface area (TPSA) is 75.2 Å². The van der Waals surface area contributed by atoms with Gasteiger partial charge in [-0.1, -0.05) is 29.8 Å². The van der Waals surface area contributed by atoms with Crippen molar-refractivity contribution in [3.8, 4) is 0 Å². The molecule has 25 heavy (non-hydrogen) atoms. The predicted molar refractivity (Wildman–Crippen MR) is 98.9 cm³/mol. The van der Waals surface area contributed by atoms with Crippen LogP contribution in [-0.2, 0) is 22.3 Å². The first-order valence-corrected chi connectivity index (χ1v) is 10.2. The Hall–Kier alpha value is -1.99. The second-order valence-electron chi connectivity index (χ2n) is 6.54. The molecule has 1 aromatic heterocycles. The van der Waals surface area contributed by atoms with Gasteiger partial charge in [-0.2, -0.15) is 0 Å². The number of hydrogen-bond donors (Lipinski definition) is 1. The predicted octanol–water partition coefficient (Wildman–Crippen LogP) is 2.31. The van der Waals surface area contributed by atoms with Crippen molar-refractivity contribution in [2.45, 2.75) is 39.0 Å². The average molecular weight is 360 g/mol. The number of nitrogens with zero attached hydrogens (tertiary/aromatic N) is 3. The second kappa shape index (κ2) is 7.49. The Morgan fingerprint density at radius 2 is 1.76 bits per heavy atom. The molecule has 2 aromatic rings. The molecular formula is C18H24N4O2S. The molecule has 0 bridgehead atoms. The summed E-state index contributed by atoms with van der Waals surface area (Å²) >= 11 is 0. The molecule has 7 heteroatoms. The van der Waals surface area contributed by atoms with E-state index in [1.54, 1.807) is 0 Å². The maximum absolute atomic E-state index is 12.3. The van der Waals surface area contributed by atoms with E-state index in [2.05, 4.69) is 19.6 Å². The van der Waals surface area contributed by atoms with Crippen molar-refractivity contribution in [1.82, 2.24) is 14.7 Å². The zero-order chi connectivity index (χ0) is 17.9. The Kier molecular flexibility index (Phi) is 5.34. The van der Waals surface area contributed by atoms with Gasteiger partial charge in [0.1, 0.15) is 11.6 Å². The van der Waals surface area contributed by atoms with Crippen LogP contribution in [0.4, 0.5) is 5.82 Å². The van der Waals surface area contributed by atoms with Gasteiger partial charge < -0.3 is 4.90 Å². The number of aromatic nitrogens is 2. The fourth-order valence-electron chi connectivity index (χ4n) is 2.93. The van der Waals surface area contributed by atoms with Gasteiger partial charge in [0.15, 0.2) is 0 Å². The summed E-state index contributed by atoms with van der Waals surface area (Å²) in [5.74, 6) is 1.35. The molecular weight excluding hydrogens is 336 g/mol. The highest BCUT2D eigenvalue weighted by molar-refractivity contribution is 7.88. The first-order valence-electron chi connectivity index (χ1n) is 8.54. The first-order chi connectivity index (χ1) is 11.9. The summed E-state index contributed by atoms with van der Waals surface area (Å²) in [7, 11) is -3.43. The van der Waals surface area contributed by atoms with Crippen molar-refractivity contribution >= 4 is 15.8 Å². The molecule has 1 aliphatic rings. The molecule has 1 saturated heterocycles. The van der Waals surface area contributed by atoms with E-state index in [0.717, 1.165) is 35.7 Å². The van der Waals surface area contributed by atoms with Gasteiger partial charge in [0.2, 0.25) is 10.0 Å². The zero-order valence-corrected chi connectivity index (χ0v) is 15.5. The standard InChI is InChI=1S/C18H24N4O2S/c1-14-5-7-16(8-6-14)13-25(23,24)19-12-17-20-15(2)11-18(21-17)22-9-3-4-10-22/h5-8,11,19H,3-4,9-10,12-13H2,1-2H3. The Morgan fingerprint density at radius 1 is 1.08 bits per heavy atom. The Balaban J connectivity index is 1.66. The highest BCUT2D eigenvalue weighted by Crippen LogP contribution is 2.18. The molecule has 0 spiro atoms. The summed E-state index contributed by atoms with van der Waals surface area (Å²) in [4.78, 5) is 11.1. The zero-order valence-electron chi connectivity index (χ0n) is 14.7. The molecule has 0 unspecified atom stereocenters. The van der Waals surface area contributed by atoms with Crippen molar-refractivity contribution in [3.63, 3.8) is 0 Å². The highest BCUT2D eigenvalue weighted by Gasteiger charge is 2.16. The molecule has 1 aromatic carbocycles. The number of sulfonamides is 1. The third-order valence-corrected chi connectivity index (χ3v) is 5.54. The molecule has 0 saturated carbocycles. The van der Waals surface area contributed by atoms with Crippen LogP contribution in [0.1, 0.15) is 35.5 Å². The summed E-state index contributed by atoms with van der Waals surface area (Å²) in [5.41, 5.74) is 2.72. The molecule has 2 heterocycles. The lowest BCUT2D eigenvalue weighted by Gasteiger charge is -2.17. The summed E-state index contributed by atoms with van der Waals surface area (Å²) < 4.78 is 27.2. The fourth-order valence-corrected chi connectivity index (χ4v) is 4.01. The van der Waals surface area contributed by atoms with Crippen molar-refractivity contribution in [3.05, 3.63) is 53.0 Å². The van der Waals surface area contributed by atoms with Crippen LogP contribution < -0.4 is 9.62 Å². The third kappa shape index (κ3) is 4.99. The molecule has 6 nitrogen and oxygen atoms in total. The Morgan fingerprint density at radius 3 is 2.44 bits per heavy atom. The van der Waals surface area contributed by atoms with Crippen LogP contribution in [0.5, 0.6) is 0 Å². The summed E-state index contributed by atoms with van der Waals surface area (Å²) in [6, 6.07) is 9.45. The quantitative estimate of drug-likeness (QED) is 0.856. The van der Waals surface area contributed by atoms with Crippen LogP contribution in [-0.4, -0.2) is 31.5 Å². The van der Waals surface area contributed by atoms with Crippen LogP contribution in [0, 0.1) is 13.8 Å². The number of nitrogens with one attached hydrogen (secondary N) is 1. The normalized spacial score (nSPS) is 14.9. The van der Waals surface area contributed by atoms with Crippen molar-refractivity contribution < 1.29 is 8.42 Å². The molecule has 0 radical (unpaired) electrons. The van der Waals surface area contributed by atoms with E-state index in [-0.39, 0.29) is 12.3 Å². The van der Waals surface area contributed by atoms with E-state index < -0.39 is 10.0 Å². The summed E-state index contributed by atoms with van der Waals surface area (Å²) in [6.45, 7) is 5.98. The van der Waals surface area contributed by atoms with Crippen molar-refractivity contribution in [2.75, 3.05) is 18.0 Å². The maximum Gasteiger partial charge on any atom is 0.216 e. The molecule has 0 amide bonds. The fraction of sp³-hybridized carbons (Fsp3) is 0.444. The monoisotopic (exact) mass is 360 g/mol. The van der Waals surface area contributed by atoms with Crippen LogP contribution in [0.3, 0.4) is 0 Å². The molecule has 134 valence electrons. The average Bonchev–Trinajstić information content (AvgIpc) is 3.09. The smallest absolute Gasteiger partial charge is 0.216 e. The van der Waals surface area contributed by atoms with Crippen LogP contribution in [0.2, 0.25) is 0 Å². The van der Waals surface area contributed by atoms with E-state index >= 15 is 0 Å².